The molecular weight excluding hydrogens is 356 g/mol. The standard InChI is InChI=1S/C20H32N6O2/c1-4-27-13-8-11-21-20(23-15-19-25-24-17(2)26(19)3)22-12-14-28-16-18-9-6-5-7-10-18/h5-7,9-10H,4,8,11-16H2,1-3H3,(H2,21,22,23). The van der Waals surface area contributed by atoms with Gasteiger partial charge in [-0.15, -0.1) is 10.2 Å². The summed E-state index contributed by atoms with van der Waals surface area (Å²) in [5, 5.41) is 14.9. The minimum Gasteiger partial charge on any atom is -0.382 e. The number of nitrogens with zero attached hydrogens (tertiary/aromatic N) is 4. The highest BCUT2D eigenvalue weighted by Gasteiger charge is 2.05. The largest absolute Gasteiger partial charge is 0.382 e. The summed E-state index contributed by atoms with van der Waals surface area (Å²) in [7, 11) is 1.94. The molecule has 0 saturated heterocycles. The summed E-state index contributed by atoms with van der Waals surface area (Å²) in [6.45, 7) is 8.52. The molecule has 0 aliphatic heterocycles. The first-order valence-electron chi connectivity index (χ1n) is 9.77. The minimum absolute atomic E-state index is 0.461. The second-order valence-electron chi connectivity index (χ2n) is 6.33. The number of aryl methyl sites for hydroxylation is 1. The van der Waals surface area contributed by atoms with E-state index in [1.807, 2.05) is 43.7 Å². The molecule has 2 aromatic rings. The van der Waals surface area contributed by atoms with E-state index in [0.29, 0.717) is 26.3 Å². The van der Waals surface area contributed by atoms with E-state index >= 15 is 0 Å². The third kappa shape index (κ3) is 8.06. The van der Waals surface area contributed by atoms with Crippen LogP contribution in [-0.2, 0) is 29.7 Å². The zero-order valence-electron chi connectivity index (χ0n) is 17.1. The van der Waals surface area contributed by atoms with Crippen molar-refractivity contribution in [3.63, 3.8) is 0 Å². The number of aliphatic imine (C=N–C) groups is 1. The van der Waals surface area contributed by atoms with Gasteiger partial charge >= 0.3 is 0 Å². The summed E-state index contributed by atoms with van der Waals surface area (Å²) >= 11 is 0. The normalized spacial score (nSPS) is 11.6. The SMILES string of the molecule is CCOCCCNC(=NCc1nnc(C)n1C)NCCOCc1ccccc1. The summed E-state index contributed by atoms with van der Waals surface area (Å²) in [5.74, 6) is 2.44. The summed E-state index contributed by atoms with van der Waals surface area (Å²) in [6, 6.07) is 10.2. The van der Waals surface area contributed by atoms with Crippen LogP contribution in [0.4, 0.5) is 0 Å². The van der Waals surface area contributed by atoms with E-state index in [0.717, 1.165) is 43.8 Å². The van der Waals surface area contributed by atoms with Crippen LogP contribution in [0.2, 0.25) is 0 Å². The van der Waals surface area contributed by atoms with Gasteiger partial charge in [-0.3, -0.25) is 0 Å². The second-order valence-corrected chi connectivity index (χ2v) is 6.33. The number of aromatic nitrogens is 3. The van der Waals surface area contributed by atoms with E-state index in [2.05, 4.69) is 38.0 Å². The Kier molecular flexibility index (Phi) is 10.0. The van der Waals surface area contributed by atoms with Crippen LogP contribution >= 0.6 is 0 Å². The zero-order valence-corrected chi connectivity index (χ0v) is 17.1. The van der Waals surface area contributed by atoms with E-state index in [1.165, 1.54) is 5.56 Å². The molecule has 0 amide bonds. The molecule has 0 aliphatic rings. The molecule has 2 rings (SSSR count). The van der Waals surface area contributed by atoms with Crippen molar-refractivity contribution < 1.29 is 9.47 Å². The molecule has 1 heterocycles. The Balaban J connectivity index is 1.77. The van der Waals surface area contributed by atoms with Gasteiger partial charge in [-0.1, -0.05) is 30.3 Å². The van der Waals surface area contributed by atoms with Crippen LogP contribution in [0.15, 0.2) is 35.3 Å². The van der Waals surface area contributed by atoms with Gasteiger partial charge in [0.05, 0.1) is 13.2 Å². The number of hydrogen-bond acceptors (Lipinski definition) is 5. The maximum atomic E-state index is 5.72. The van der Waals surface area contributed by atoms with Gasteiger partial charge in [0.15, 0.2) is 11.8 Å². The molecule has 0 saturated carbocycles. The van der Waals surface area contributed by atoms with Gasteiger partial charge in [-0.05, 0) is 25.8 Å². The molecule has 2 N–H and O–H groups in total. The lowest BCUT2D eigenvalue weighted by Crippen LogP contribution is -2.39. The Morgan fingerprint density at radius 2 is 1.86 bits per heavy atom. The third-order valence-electron chi connectivity index (χ3n) is 4.17. The van der Waals surface area contributed by atoms with E-state index in [4.69, 9.17) is 9.47 Å². The van der Waals surface area contributed by atoms with E-state index in [-0.39, 0.29) is 0 Å². The molecule has 0 atom stereocenters. The fourth-order valence-corrected chi connectivity index (χ4v) is 2.44. The Morgan fingerprint density at radius 3 is 2.57 bits per heavy atom. The molecule has 8 nitrogen and oxygen atoms in total. The number of hydrogen-bond donors (Lipinski definition) is 2. The Labute approximate surface area is 167 Å². The highest BCUT2D eigenvalue weighted by atomic mass is 16.5. The molecule has 154 valence electrons. The molecular formula is C20H32N6O2. The molecule has 0 aliphatic carbocycles. The number of benzene rings is 1. The first kappa shape index (κ1) is 21.8. The van der Waals surface area contributed by atoms with Crippen LogP contribution in [0.5, 0.6) is 0 Å². The fraction of sp³-hybridized carbons (Fsp3) is 0.550. The lowest BCUT2D eigenvalue weighted by molar-refractivity contribution is 0.125. The van der Waals surface area contributed by atoms with Crippen molar-refractivity contribution in [3.05, 3.63) is 47.5 Å². The molecule has 0 radical (unpaired) electrons. The van der Waals surface area contributed by atoms with Crippen LogP contribution in [0, 0.1) is 6.92 Å². The number of guanidine groups is 1. The molecule has 0 fully saturated rings. The maximum absolute atomic E-state index is 5.72. The van der Waals surface area contributed by atoms with Gasteiger partial charge in [-0.25, -0.2) is 4.99 Å². The Bertz CT molecular complexity index is 702. The Hall–Kier alpha value is -2.45. The van der Waals surface area contributed by atoms with Crippen molar-refractivity contribution >= 4 is 5.96 Å². The summed E-state index contributed by atoms with van der Waals surface area (Å²) in [6.07, 6.45) is 0.919. The van der Waals surface area contributed by atoms with E-state index in [1.54, 1.807) is 0 Å². The average Bonchev–Trinajstić information content (AvgIpc) is 3.04. The van der Waals surface area contributed by atoms with Crippen molar-refractivity contribution in [1.82, 2.24) is 25.4 Å². The predicted octanol–water partition coefficient (Wildman–Crippen LogP) is 1.80. The first-order valence-corrected chi connectivity index (χ1v) is 9.77. The Morgan fingerprint density at radius 1 is 1.07 bits per heavy atom. The van der Waals surface area contributed by atoms with Crippen molar-refractivity contribution in [2.24, 2.45) is 12.0 Å². The van der Waals surface area contributed by atoms with Gasteiger partial charge < -0.3 is 24.7 Å². The minimum atomic E-state index is 0.461. The zero-order chi connectivity index (χ0) is 20.0. The van der Waals surface area contributed by atoms with Gasteiger partial charge in [0, 0.05) is 33.4 Å². The molecule has 28 heavy (non-hydrogen) atoms. The first-order chi connectivity index (χ1) is 13.7. The molecule has 8 heteroatoms. The second kappa shape index (κ2) is 12.9. The van der Waals surface area contributed by atoms with Crippen molar-refractivity contribution in [2.45, 2.75) is 33.4 Å². The number of nitrogens with one attached hydrogen (secondary N) is 2. The number of ether oxygens (including phenoxy) is 2. The topological polar surface area (TPSA) is 85.6 Å². The van der Waals surface area contributed by atoms with E-state index in [9.17, 15) is 0 Å². The highest BCUT2D eigenvalue weighted by Crippen LogP contribution is 2.00. The van der Waals surface area contributed by atoms with Crippen molar-refractivity contribution in [2.75, 3.05) is 32.9 Å². The number of rotatable bonds is 12. The van der Waals surface area contributed by atoms with E-state index < -0.39 is 0 Å². The lowest BCUT2D eigenvalue weighted by Gasteiger charge is -2.13. The quantitative estimate of drug-likeness (QED) is 0.328. The lowest BCUT2D eigenvalue weighted by atomic mass is 10.2. The molecule has 1 aromatic carbocycles. The fourth-order valence-electron chi connectivity index (χ4n) is 2.44. The van der Waals surface area contributed by atoms with Crippen LogP contribution in [0.25, 0.3) is 0 Å². The summed E-state index contributed by atoms with van der Waals surface area (Å²) in [5.41, 5.74) is 1.17. The van der Waals surface area contributed by atoms with Crippen molar-refractivity contribution in [3.8, 4) is 0 Å². The van der Waals surface area contributed by atoms with Crippen LogP contribution in [0.1, 0.15) is 30.6 Å². The third-order valence-corrected chi connectivity index (χ3v) is 4.17. The molecule has 0 spiro atoms. The van der Waals surface area contributed by atoms with Gasteiger partial charge in [-0.2, -0.15) is 0 Å². The molecule has 1 aromatic heterocycles. The van der Waals surface area contributed by atoms with Gasteiger partial charge in [0.1, 0.15) is 12.4 Å². The summed E-state index contributed by atoms with van der Waals surface area (Å²) < 4.78 is 13.0. The van der Waals surface area contributed by atoms with Crippen molar-refractivity contribution in [1.29, 1.82) is 0 Å². The van der Waals surface area contributed by atoms with Crippen LogP contribution in [-0.4, -0.2) is 53.6 Å². The average molecular weight is 389 g/mol. The molecule has 0 bridgehead atoms. The maximum Gasteiger partial charge on any atom is 0.191 e. The highest BCUT2D eigenvalue weighted by molar-refractivity contribution is 5.79. The monoisotopic (exact) mass is 388 g/mol. The smallest absolute Gasteiger partial charge is 0.191 e. The molecule has 0 unspecified atom stereocenters. The van der Waals surface area contributed by atoms with Crippen LogP contribution < -0.4 is 10.6 Å². The van der Waals surface area contributed by atoms with Crippen LogP contribution in [0.3, 0.4) is 0 Å². The van der Waals surface area contributed by atoms with Gasteiger partial charge in [0.25, 0.3) is 0 Å². The predicted molar refractivity (Wildman–Crippen MR) is 110 cm³/mol. The summed E-state index contributed by atoms with van der Waals surface area (Å²) in [4.78, 5) is 4.62. The van der Waals surface area contributed by atoms with Gasteiger partial charge in [0.2, 0.25) is 0 Å².